The lowest BCUT2D eigenvalue weighted by Gasteiger charge is -2.40. The van der Waals surface area contributed by atoms with E-state index < -0.39 is 5.54 Å². The molecule has 1 unspecified atom stereocenters. The van der Waals surface area contributed by atoms with Gasteiger partial charge in [-0.05, 0) is 38.5 Å². The highest BCUT2D eigenvalue weighted by molar-refractivity contribution is 5.86. The first-order valence-corrected chi connectivity index (χ1v) is 6.28. The zero-order valence-electron chi connectivity index (χ0n) is 10.5. The van der Waals surface area contributed by atoms with E-state index in [1.807, 2.05) is 7.05 Å². The van der Waals surface area contributed by atoms with Crippen molar-refractivity contribution < 1.29 is 9.53 Å². The van der Waals surface area contributed by atoms with Gasteiger partial charge in [-0.3, -0.25) is 4.79 Å². The third kappa shape index (κ3) is 3.33. The Bertz CT molecular complexity index is 263. The van der Waals surface area contributed by atoms with Gasteiger partial charge in [0, 0.05) is 20.2 Å². The molecular formula is C12H23ClN2O2. The summed E-state index contributed by atoms with van der Waals surface area (Å²) in [5.41, 5.74) is 5.45. The Labute approximate surface area is 109 Å². The van der Waals surface area contributed by atoms with E-state index in [2.05, 4.69) is 0 Å². The highest BCUT2D eigenvalue weighted by atomic mass is 35.5. The molecule has 100 valence electrons. The van der Waals surface area contributed by atoms with Gasteiger partial charge in [-0.2, -0.15) is 0 Å². The van der Waals surface area contributed by atoms with Gasteiger partial charge in [-0.15, -0.1) is 12.4 Å². The average molecular weight is 263 g/mol. The van der Waals surface area contributed by atoms with Gasteiger partial charge in [-0.25, -0.2) is 0 Å². The molecule has 1 aliphatic carbocycles. The van der Waals surface area contributed by atoms with Crippen LogP contribution in [0.2, 0.25) is 0 Å². The number of nitrogens with two attached hydrogens (primary N) is 1. The van der Waals surface area contributed by atoms with Crippen LogP contribution >= 0.6 is 12.4 Å². The molecule has 0 aromatic carbocycles. The molecule has 1 aliphatic heterocycles. The van der Waals surface area contributed by atoms with Crippen LogP contribution < -0.4 is 5.73 Å². The van der Waals surface area contributed by atoms with Crippen LogP contribution in [0.5, 0.6) is 0 Å². The molecule has 17 heavy (non-hydrogen) atoms. The Kier molecular flexibility index (Phi) is 5.22. The quantitative estimate of drug-likeness (QED) is 0.835. The second kappa shape index (κ2) is 6.03. The number of carbonyl (C=O) groups is 1. The van der Waals surface area contributed by atoms with Gasteiger partial charge in [0.15, 0.2) is 0 Å². The summed E-state index contributed by atoms with van der Waals surface area (Å²) in [7, 11) is 1.84. The van der Waals surface area contributed by atoms with Gasteiger partial charge in [0.1, 0.15) is 0 Å². The maximum Gasteiger partial charge on any atom is 0.242 e. The van der Waals surface area contributed by atoms with E-state index in [-0.39, 0.29) is 24.4 Å². The number of rotatable bonds is 3. The van der Waals surface area contributed by atoms with Crippen LogP contribution in [0.25, 0.3) is 0 Å². The molecule has 2 rings (SSSR count). The molecule has 2 aliphatic rings. The number of hydrogen-bond acceptors (Lipinski definition) is 3. The second-order valence-corrected chi connectivity index (χ2v) is 5.18. The van der Waals surface area contributed by atoms with Crippen LogP contribution in [-0.4, -0.2) is 42.6 Å². The number of carbonyl (C=O) groups excluding carboxylic acids is 1. The number of halogens is 1. The molecule has 1 atom stereocenters. The summed E-state index contributed by atoms with van der Waals surface area (Å²) in [5, 5.41) is 0. The van der Waals surface area contributed by atoms with Gasteiger partial charge in [-0.1, -0.05) is 0 Å². The topological polar surface area (TPSA) is 55.6 Å². The summed E-state index contributed by atoms with van der Waals surface area (Å²) in [6.07, 6.45) is 6.38. The summed E-state index contributed by atoms with van der Waals surface area (Å²) < 4.78 is 5.63. The van der Waals surface area contributed by atoms with E-state index >= 15 is 0 Å². The van der Waals surface area contributed by atoms with Gasteiger partial charge in [0.2, 0.25) is 5.91 Å². The SMILES string of the molecule is CN(CC1CCCCO1)C(=O)C1(N)CCC1.Cl. The Morgan fingerprint density at radius 3 is 2.59 bits per heavy atom. The Morgan fingerprint density at radius 2 is 2.12 bits per heavy atom. The molecule has 5 heteroatoms. The highest BCUT2D eigenvalue weighted by Crippen LogP contribution is 2.30. The van der Waals surface area contributed by atoms with Crippen molar-refractivity contribution in [3.8, 4) is 0 Å². The minimum Gasteiger partial charge on any atom is -0.376 e. The van der Waals surface area contributed by atoms with Gasteiger partial charge in [0.25, 0.3) is 0 Å². The van der Waals surface area contributed by atoms with Crippen molar-refractivity contribution in [1.82, 2.24) is 4.90 Å². The van der Waals surface area contributed by atoms with Gasteiger partial charge >= 0.3 is 0 Å². The van der Waals surface area contributed by atoms with Crippen LogP contribution in [0.1, 0.15) is 38.5 Å². The molecule has 1 saturated carbocycles. The summed E-state index contributed by atoms with van der Waals surface area (Å²) in [6, 6.07) is 0. The van der Waals surface area contributed by atoms with Crippen LogP contribution in [0, 0.1) is 0 Å². The lowest BCUT2D eigenvalue weighted by molar-refractivity contribution is -0.141. The van der Waals surface area contributed by atoms with E-state index in [0.717, 1.165) is 38.7 Å². The number of ether oxygens (including phenoxy) is 1. The highest BCUT2D eigenvalue weighted by Gasteiger charge is 2.42. The summed E-state index contributed by atoms with van der Waals surface area (Å²) in [5.74, 6) is 0.0907. The minimum atomic E-state index is -0.566. The van der Waals surface area contributed by atoms with Gasteiger partial charge in [0.05, 0.1) is 11.6 Å². The number of likely N-dealkylation sites (N-methyl/N-ethyl adjacent to an activating group) is 1. The fourth-order valence-electron chi connectivity index (χ4n) is 2.49. The van der Waals surface area contributed by atoms with Crippen molar-refractivity contribution in [3.63, 3.8) is 0 Å². The molecule has 2 fully saturated rings. The Hall–Kier alpha value is -0.320. The molecule has 0 radical (unpaired) electrons. The van der Waals surface area contributed by atoms with Crippen molar-refractivity contribution >= 4 is 18.3 Å². The molecule has 0 spiro atoms. The smallest absolute Gasteiger partial charge is 0.242 e. The van der Waals surface area contributed by atoms with Crippen LogP contribution in [0.4, 0.5) is 0 Å². The average Bonchev–Trinajstić information content (AvgIpc) is 2.26. The standard InChI is InChI=1S/C12H22N2O2.ClH/c1-14(9-10-5-2-3-8-16-10)11(15)12(13)6-4-7-12;/h10H,2-9,13H2,1H3;1H. The van der Waals surface area contributed by atoms with Crippen LogP contribution in [0.3, 0.4) is 0 Å². The molecule has 0 aromatic rings. The van der Waals surface area contributed by atoms with E-state index in [1.165, 1.54) is 6.42 Å². The fourth-order valence-corrected chi connectivity index (χ4v) is 2.49. The minimum absolute atomic E-state index is 0. The normalized spacial score (nSPS) is 26.6. The largest absolute Gasteiger partial charge is 0.376 e. The lowest BCUT2D eigenvalue weighted by Crippen LogP contribution is -2.59. The fraction of sp³-hybridized carbons (Fsp3) is 0.917. The number of hydrogen-bond donors (Lipinski definition) is 1. The predicted octanol–water partition coefficient (Wildman–Crippen LogP) is 1.32. The monoisotopic (exact) mass is 262 g/mol. The predicted molar refractivity (Wildman–Crippen MR) is 69.2 cm³/mol. The molecule has 4 nitrogen and oxygen atoms in total. The van der Waals surface area contributed by atoms with E-state index in [4.69, 9.17) is 10.5 Å². The molecule has 0 aromatic heterocycles. The van der Waals surface area contributed by atoms with Crippen molar-refractivity contribution in [2.45, 2.75) is 50.2 Å². The van der Waals surface area contributed by atoms with Crippen molar-refractivity contribution in [3.05, 3.63) is 0 Å². The first kappa shape index (κ1) is 14.7. The van der Waals surface area contributed by atoms with Crippen molar-refractivity contribution in [2.24, 2.45) is 5.73 Å². The molecule has 1 amide bonds. The van der Waals surface area contributed by atoms with E-state index in [0.29, 0.717) is 6.54 Å². The van der Waals surface area contributed by atoms with E-state index in [1.54, 1.807) is 4.90 Å². The van der Waals surface area contributed by atoms with Crippen molar-refractivity contribution in [2.75, 3.05) is 20.2 Å². The molecule has 1 heterocycles. The van der Waals surface area contributed by atoms with E-state index in [9.17, 15) is 4.79 Å². The Balaban J connectivity index is 0.00000144. The second-order valence-electron chi connectivity index (χ2n) is 5.18. The van der Waals surface area contributed by atoms with Crippen molar-refractivity contribution in [1.29, 1.82) is 0 Å². The third-order valence-electron chi connectivity index (χ3n) is 3.77. The summed E-state index contributed by atoms with van der Waals surface area (Å²) in [4.78, 5) is 13.8. The van der Waals surface area contributed by atoms with Gasteiger partial charge < -0.3 is 15.4 Å². The zero-order valence-corrected chi connectivity index (χ0v) is 11.3. The van der Waals surface area contributed by atoms with Crippen LogP contribution in [-0.2, 0) is 9.53 Å². The number of nitrogens with zero attached hydrogens (tertiary/aromatic N) is 1. The molecular weight excluding hydrogens is 240 g/mol. The summed E-state index contributed by atoms with van der Waals surface area (Å²) in [6.45, 7) is 1.53. The number of amides is 1. The zero-order chi connectivity index (χ0) is 11.6. The first-order valence-electron chi connectivity index (χ1n) is 6.28. The lowest BCUT2D eigenvalue weighted by atomic mass is 9.76. The maximum atomic E-state index is 12.1. The molecule has 2 N–H and O–H groups in total. The van der Waals surface area contributed by atoms with Crippen LogP contribution in [0.15, 0.2) is 0 Å². The summed E-state index contributed by atoms with van der Waals surface area (Å²) >= 11 is 0. The third-order valence-corrected chi connectivity index (χ3v) is 3.77. The Morgan fingerprint density at radius 1 is 1.41 bits per heavy atom. The molecule has 0 bridgehead atoms. The molecule has 1 saturated heterocycles. The maximum absolute atomic E-state index is 12.1. The first-order chi connectivity index (χ1) is 7.62.